The standard InChI is InChI=1S/C18H24FN5/c1-14(2)13-21-17-7-8-20-18(22-17)24-11-9-23(10-12-24)16-5-3-15(19)4-6-16/h3-8,14H,9-13H2,1-2H3,(H,20,21,22). The zero-order chi connectivity index (χ0) is 16.9. The second-order valence-electron chi connectivity index (χ2n) is 6.47. The van der Waals surface area contributed by atoms with Gasteiger partial charge in [0.15, 0.2) is 0 Å². The third-order valence-corrected chi connectivity index (χ3v) is 4.09. The van der Waals surface area contributed by atoms with Crippen molar-refractivity contribution in [1.29, 1.82) is 0 Å². The highest BCUT2D eigenvalue weighted by atomic mass is 19.1. The van der Waals surface area contributed by atoms with Gasteiger partial charge in [-0.3, -0.25) is 0 Å². The van der Waals surface area contributed by atoms with E-state index >= 15 is 0 Å². The number of hydrogen-bond acceptors (Lipinski definition) is 5. The Hall–Kier alpha value is -2.37. The Bertz CT molecular complexity index is 651. The molecule has 0 unspecified atom stereocenters. The number of nitrogens with one attached hydrogen (secondary N) is 1. The smallest absolute Gasteiger partial charge is 0.227 e. The highest BCUT2D eigenvalue weighted by molar-refractivity contribution is 5.49. The van der Waals surface area contributed by atoms with Crippen molar-refractivity contribution in [2.45, 2.75) is 13.8 Å². The molecule has 128 valence electrons. The topological polar surface area (TPSA) is 44.3 Å². The van der Waals surface area contributed by atoms with E-state index in [0.717, 1.165) is 50.2 Å². The summed E-state index contributed by atoms with van der Waals surface area (Å²) in [6, 6.07) is 8.58. The zero-order valence-corrected chi connectivity index (χ0v) is 14.2. The molecular formula is C18H24FN5. The van der Waals surface area contributed by atoms with E-state index in [1.54, 1.807) is 6.20 Å². The van der Waals surface area contributed by atoms with Crippen LogP contribution in [0.4, 0.5) is 21.8 Å². The molecule has 0 saturated carbocycles. The summed E-state index contributed by atoms with van der Waals surface area (Å²) in [5.74, 6) is 2.01. The number of anilines is 3. The van der Waals surface area contributed by atoms with Crippen LogP contribution in [0.25, 0.3) is 0 Å². The second-order valence-corrected chi connectivity index (χ2v) is 6.47. The van der Waals surface area contributed by atoms with Gasteiger partial charge in [-0.25, -0.2) is 9.37 Å². The molecule has 0 atom stereocenters. The number of benzene rings is 1. The SMILES string of the molecule is CC(C)CNc1ccnc(N2CCN(c3ccc(F)cc3)CC2)n1. The molecule has 1 fully saturated rings. The first-order valence-corrected chi connectivity index (χ1v) is 8.44. The number of piperazine rings is 1. The van der Waals surface area contributed by atoms with Gasteiger partial charge in [0.1, 0.15) is 11.6 Å². The van der Waals surface area contributed by atoms with Crippen LogP contribution in [-0.4, -0.2) is 42.7 Å². The fourth-order valence-corrected chi connectivity index (χ4v) is 2.72. The Balaban J connectivity index is 1.60. The monoisotopic (exact) mass is 329 g/mol. The Kier molecular flexibility index (Phi) is 5.13. The van der Waals surface area contributed by atoms with Crippen LogP contribution in [0.3, 0.4) is 0 Å². The molecule has 2 heterocycles. The van der Waals surface area contributed by atoms with Crippen LogP contribution >= 0.6 is 0 Å². The van der Waals surface area contributed by atoms with Crippen LogP contribution in [0.1, 0.15) is 13.8 Å². The lowest BCUT2D eigenvalue weighted by molar-refractivity contribution is 0.623. The highest BCUT2D eigenvalue weighted by Crippen LogP contribution is 2.19. The van der Waals surface area contributed by atoms with Crippen LogP contribution < -0.4 is 15.1 Å². The van der Waals surface area contributed by atoms with Gasteiger partial charge in [-0.05, 0) is 36.2 Å². The van der Waals surface area contributed by atoms with Crippen LogP contribution in [0, 0.1) is 11.7 Å². The maximum Gasteiger partial charge on any atom is 0.227 e. The molecule has 0 aliphatic carbocycles. The lowest BCUT2D eigenvalue weighted by Crippen LogP contribution is -2.47. The first kappa shape index (κ1) is 16.5. The fourth-order valence-electron chi connectivity index (χ4n) is 2.72. The van der Waals surface area contributed by atoms with E-state index in [2.05, 4.69) is 38.9 Å². The average molecular weight is 329 g/mol. The molecule has 24 heavy (non-hydrogen) atoms. The molecule has 1 aliphatic heterocycles. The maximum atomic E-state index is 13.0. The van der Waals surface area contributed by atoms with E-state index in [1.807, 2.05) is 18.2 Å². The van der Waals surface area contributed by atoms with Crippen LogP contribution in [0.15, 0.2) is 36.5 Å². The third kappa shape index (κ3) is 4.13. The van der Waals surface area contributed by atoms with E-state index in [1.165, 1.54) is 12.1 Å². The molecule has 2 aromatic rings. The highest BCUT2D eigenvalue weighted by Gasteiger charge is 2.19. The van der Waals surface area contributed by atoms with Gasteiger partial charge in [-0.1, -0.05) is 13.8 Å². The minimum absolute atomic E-state index is 0.198. The lowest BCUT2D eigenvalue weighted by Gasteiger charge is -2.36. The van der Waals surface area contributed by atoms with Crippen LogP contribution in [-0.2, 0) is 0 Å². The van der Waals surface area contributed by atoms with Gasteiger partial charge in [0.2, 0.25) is 5.95 Å². The number of halogens is 1. The van der Waals surface area contributed by atoms with Crippen molar-refractivity contribution in [1.82, 2.24) is 9.97 Å². The van der Waals surface area contributed by atoms with E-state index in [9.17, 15) is 4.39 Å². The number of rotatable bonds is 5. The summed E-state index contributed by atoms with van der Waals surface area (Å²) in [7, 11) is 0. The summed E-state index contributed by atoms with van der Waals surface area (Å²) in [6.07, 6.45) is 1.80. The molecular weight excluding hydrogens is 305 g/mol. The van der Waals surface area contributed by atoms with Crippen molar-refractivity contribution in [3.63, 3.8) is 0 Å². The minimum atomic E-state index is -0.198. The minimum Gasteiger partial charge on any atom is -0.370 e. The molecule has 1 aliphatic rings. The largest absolute Gasteiger partial charge is 0.370 e. The molecule has 0 spiro atoms. The zero-order valence-electron chi connectivity index (χ0n) is 14.2. The molecule has 0 bridgehead atoms. The molecule has 3 rings (SSSR count). The molecule has 0 amide bonds. The van der Waals surface area contributed by atoms with Crippen molar-refractivity contribution in [3.8, 4) is 0 Å². The summed E-state index contributed by atoms with van der Waals surface area (Å²) in [5.41, 5.74) is 1.06. The quantitative estimate of drug-likeness (QED) is 0.913. The van der Waals surface area contributed by atoms with E-state index < -0.39 is 0 Å². The summed E-state index contributed by atoms with van der Waals surface area (Å²) in [4.78, 5) is 13.5. The van der Waals surface area contributed by atoms with E-state index in [0.29, 0.717) is 5.92 Å². The van der Waals surface area contributed by atoms with Crippen molar-refractivity contribution in [2.75, 3.05) is 47.8 Å². The molecule has 1 N–H and O–H groups in total. The average Bonchev–Trinajstić information content (AvgIpc) is 2.61. The van der Waals surface area contributed by atoms with Gasteiger partial charge in [0.05, 0.1) is 0 Å². The lowest BCUT2D eigenvalue weighted by atomic mass is 10.2. The third-order valence-electron chi connectivity index (χ3n) is 4.09. The van der Waals surface area contributed by atoms with Gasteiger partial charge >= 0.3 is 0 Å². The molecule has 1 aromatic heterocycles. The Morgan fingerprint density at radius 3 is 2.38 bits per heavy atom. The van der Waals surface area contributed by atoms with Gasteiger partial charge in [-0.2, -0.15) is 4.98 Å². The fraction of sp³-hybridized carbons (Fsp3) is 0.444. The normalized spacial score (nSPS) is 15.0. The van der Waals surface area contributed by atoms with Crippen LogP contribution in [0.2, 0.25) is 0 Å². The molecule has 1 saturated heterocycles. The predicted molar refractivity (Wildman–Crippen MR) is 96.2 cm³/mol. The van der Waals surface area contributed by atoms with Crippen molar-refractivity contribution in [2.24, 2.45) is 5.92 Å². The summed E-state index contributed by atoms with van der Waals surface area (Å²) in [5, 5.41) is 3.34. The molecule has 0 radical (unpaired) electrons. The molecule has 6 heteroatoms. The van der Waals surface area contributed by atoms with Crippen molar-refractivity contribution < 1.29 is 4.39 Å². The van der Waals surface area contributed by atoms with Crippen LogP contribution in [0.5, 0.6) is 0 Å². The number of hydrogen-bond donors (Lipinski definition) is 1. The van der Waals surface area contributed by atoms with E-state index in [4.69, 9.17) is 0 Å². The first-order chi connectivity index (χ1) is 11.6. The first-order valence-electron chi connectivity index (χ1n) is 8.44. The summed E-state index contributed by atoms with van der Waals surface area (Å²) < 4.78 is 13.0. The summed E-state index contributed by atoms with van der Waals surface area (Å²) in [6.45, 7) is 8.69. The Morgan fingerprint density at radius 2 is 1.71 bits per heavy atom. The second kappa shape index (κ2) is 7.47. The Labute approximate surface area is 142 Å². The summed E-state index contributed by atoms with van der Waals surface area (Å²) >= 11 is 0. The van der Waals surface area contributed by atoms with Gasteiger partial charge in [0, 0.05) is 44.6 Å². The number of nitrogens with zero attached hydrogens (tertiary/aromatic N) is 4. The molecule has 1 aromatic carbocycles. The van der Waals surface area contributed by atoms with Gasteiger partial charge in [0.25, 0.3) is 0 Å². The molecule has 5 nitrogen and oxygen atoms in total. The van der Waals surface area contributed by atoms with Crippen molar-refractivity contribution >= 4 is 17.5 Å². The maximum absolute atomic E-state index is 13.0. The van der Waals surface area contributed by atoms with Gasteiger partial charge < -0.3 is 15.1 Å². The van der Waals surface area contributed by atoms with E-state index in [-0.39, 0.29) is 5.82 Å². The van der Waals surface area contributed by atoms with Crippen molar-refractivity contribution in [3.05, 3.63) is 42.3 Å². The predicted octanol–water partition coefficient (Wildman–Crippen LogP) is 3.01. The number of aromatic nitrogens is 2. The Morgan fingerprint density at radius 1 is 1.04 bits per heavy atom. The van der Waals surface area contributed by atoms with Gasteiger partial charge in [-0.15, -0.1) is 0 Å².